The molecule has 0 radical (unpaired) electrons. The fourth-order valence-electron chi connectivity index (χ4n) is 2.26. The van der Waals surface area contributed by atoms with Crippen LogP contribution in [0.5, 0.6) is 0 Å². The topological polar surface area (TPSA) is 21.3 Å². The van der Waals surface area contributed by atoms with Gasteiger partial charge in [0.2, 0.25) is 0 Å². The molecule has 1 aromatic heterocycles. The van der Waals surface area contributed by atoms with Gasteiger partial charge in [0.1, 0.15) is 0 Å². The van der Waals surface area contributed by atoms with Crippen LogP contribution >= 0.6 is 27.3 Å². The first-order valence-corrected chi connectivity index (χ1v) is 7.53. The van der Waals surface area contributed by atoms with Gasteiger partial charge >= 0.3 is 0 Å². The summed E-state index contributed by atoms with van der Waals surface area (Å²) in [5.74, 6) is 0.722. The zero-order valence-corrected chi connectivity index (χ0v) is 11.9. The predicted octanol–water partition coefficient (Wildman–Crippen LogP) is 3.59. The molecule has 0 saturated carbocycles. The lowest BCUT2D eigenvalue weighted by molar-refractivity contribution is 0.0542. The Labute approximate surface area is 110 Å². The first-order valence-electron chi connectivity index (χ1n) is 5.86. The molecule has 0 amide bonds. The Bertz CT molecular complexity index is 323. The summed E-state index contributed by atoms with van der Waals surface area (Å²) < 4.78 is 6.63. The van der Waals surface area contributed by atoms with Gasteiger partial charge in [-0.3, -0.25) is 0 Å². The first-order chi connectivity index (χ1) is 7.81. The number of hydrogen-bond acceptors (Lipinski definition) is 3. The van der Waals surface area contributed by atoms with Crippen molar-refractivity contribution >= 4 is 27.3 Å². The van der Waals surface area contributed by atoms with Crippen LogP contribution in [0.25, 0.3) is 0 Å². The van der Waals surface area contributed by atoms with Crippen molar-refractivity contribution in [3.05, 3.63) is 20.8 Å². The number of rotatable bonds is 4. The summed E-state index contributed by atoms with van der Waals surface area (Å²) in [5.41, 5.74) is 0. The van der Waals surface area contributed by atoms with E-state index in [1.54, 1.807) is 0 Å². The van der Waals surface area contributed by atoms with Gasteiger partial charge in [-0.2, -0.15) is 0 Å². The number of ether oxygens (including phenoxy) is 1. The van der Waals surface area contributed by atoms with Crippen LogP contribution in [0.2, 0.25) is 0 Å². The molecule has 90 valence electrons. The lowest BCUT2D eigenvalue weighted by Crippen LogP contribution is -2.31. The van der Waals surface area contributed by atoms with Crippen LogP contribution < -0.4 is 5.32 Å². The Morgan fingerprint density at radius 2 is 2.31 bits per heavy atom. The Morgan fingerprint density at radius 1 is 1.56 bits per heavy atom. The van der Waals surface area contributed by atoms with Crippen molar-refractivity contribution in [1.29, 1.82) is 0 Å². The van der Waals surface area contributed by atoms with E-state index in [1.807, 2.05) is 11.3 Å². The maximum Gasteiger partial charge on any atom is 0.0469 e. The van der Waals surface area contributed by atoms with Crippen molar-refractivity contribution in [2.45, 2.75) is 25.8 Å². The van der Waals surface area contributed by atoms with Crippen molar-refractivity contribution in [3.8, 4) is 0 Å². The van der Waals surface area contributed by atoms with E-state index in [9.17, 15) is 0 Å². The number of halogens is 1. The van der Waals surface area contributed by atoms with Gasteiger partial charge in [0.25, 0.3) is 0 Å². The van der Waals surface area contributed by atoms with Gasteiger partial charge in [-0.05, 0) is 47.3 Å². The van der Waals surface area contributed by atoms with Crippen molar-refractivity contribution in [2.24, 2.45) is 5.92 Å². The zero-order chi connectivity index (χ0) is 11.4. The molecule has 1 saturated heterocycles. The largest absolute Gasteiger partial charge is 0.381 e. The van der Waals surface area contributed by atoms with Crippen LogP contribution in [0.4, 0.5) is 0 Å². The van der Waals surface area contributed by atoms with E-state index in [0.29, 0.717) is 6.04 Å². The van der Waals surface area contributed by atoms with Gasteiger partial charge in [-0.15, -0.1) is 11.3 Å². The molecule has 0 aliphatic carbocycles. The lowest BCUT2D eigenvalue weighted by Gasteiger charge is -2.30. The fraction of sp³-hybridized carbons (Fsp3) is 0.667. The molecule has 1 aliphatic rings. The number of thiophene rings is 1. The van der Waals surface area contributed by atoms with E-state index in [2.05, 4.69) is 39.6 Å². The predicted molar refractivity (Wildman–Crippen MR) is 72.0 cm³/mol. The van der Waals surface area contributed by atoms with E-state index in [4.69, 9.17) is 4.74 Å². The van der Waals surface area contributed by atoms with Crippen molar-refractivity contribution < 1.29 is 4.74 Å². The minimum atomic E-state index is 0.505. The second-order valence-corrected chi connectivity index (χ2v) is 6.01. The number of hydrogen-bond donors (Lipinski definition) is 1. The molecule has 1 aliphatic heterocycles. The maximum atomic E-state index is 5.44. The van der Waals surface area contributed by atoms with E-state index >= 15 is 0 Å². The molecule has 1 unspecified atom stereocenters. The Morgan fingerprint density at radius 3 is 2.88 bits per heavy atom. The monoisotopic (exact) mass is 303 g/mol. The third-order valence-corrected chi connectivity index (χ3v) is 4.83. The summed E-state index contributed by atoms with van der Waals surface area (Å²) >= 11 is 5.37. The molecule has 1 fully saturated rings. The molecular weight excluding hydrogens is 286 g/mol. The second kappa shape index (κ2) is 6.15. The van der Waals surface area contributed by atoms with Crippen molar-refractivity contribution in [1.82, 2.24) is 5.32 Å². The van der Waals surface area contributed by atoms with Gasteiger partial charge in [-0.25, -0.2) is 0 Å². The molecule has 0 aromatic carbocycles. The summed E-state index contributed by atoms with van der Waals surface area (Å²) in [4.78, 5) is 1.45. The molecule has 0 spiro atoms. The molecular formula is C12H18BrNOS. The average molecular weight is 304 g/mol. The second-order valence-electron chi connectivity index (χ2n) is 4.15. The van der Waals surface area contributed by atoms with Crippen LogP contribution in [0.1, 0.15) is 30.7 Å². The molecule has 16 heavy (non-hydrogen) atoms. The first kappa shape index (κ1) is 12.6. The Hall–Kier alpha value is 0.1000. The Balaban J connectivity index is 2.09. The number of nitrogens with one attached hydrogen (secondary N) is 1. The van der Waals surface area contributed by atoms with Crippen LogP contribution in [-0.2, 0) is 4.74 Å². The quantitative estimate of drug-likeness (QED) is 0.918. The Kier molecular flexibility index (Phi) is 4.82. The molecule has 1 aromatic rings. The van der Waals surface area contributed by atoms with Gasteiger partial charge in [0.05, 0.1) is 0 Å². The lowest BCUT2D eigenvalue weighted by atomic mass is 9.91. The average Bonchev–Trinajstić information content (AvgIpc) is 2.74. The van der Waals surface area contributed by atoms with Gasteiger partial charge in [-0.1, -0.05) is 6.92 Å². The normalized spacial score (nSPS) is 19.9. The van der Waals surface area contributed by atoms with Crippen LogP contribution in [-0.4, -0.2) is 19.8 Å². The van der Waals surface area contributed by atoms with Crippen LogP contribution in [0.15, 0.2) is 15.9 Å². The van der Waals surface area contributed by atoms with E-state index in [1.165, 1.54) is 22.2 Å². The molecule has 0 bridgehead atoms. The summed E-state index contributed by atoms with van der Waals surface area (Å²) in [6.45, 7) is 5.03. The van der Waals surface area contributed by atoms with Crippen LogP contribution in [0.3, 0.4) is 0 Å². The van der Waals surface area contributed by atoms with Gasteiger partial charge in [0.15, 0.2) is 0 Å². The maximum absolute atomic E-state index is 5.44. The standard InChI is InChI=1S/C12H18BrNOS/c1-2-14-12(9-3-5-15-6-4-9)11-7-10(13)8-16-11/h7-9,12,14H,2-6H2,1H3. The highest BCUT2D eigenvalue weighted by Crippen LogP contribution is 2.34. The highest BCUT2D eigenvalue weighted by molar-refractivity contribution is 9.10. The van der Waals surface area contributed by atoms with Crippen LogP contribution in [0, 0.1) is 5.92 Å². The van der Waals surface area contributed by atoms with E-state index in [-0.39, 0.29) is 0 Å². The molecule has 2 heterocycles. The van der Waals surface area contributed by atoms with E-state index < -0.39 is 0 Å². The molecule has 2 rings (SSSR count). The highest BCUT2D eigenvalue weighted by atomic mass is 79.9. The third kappa shape index (κ3) is 3.06. The smallest absolute Gasteiger partial charge is 0.0469 e. The molecule has 4 heteroatoms. The minimum absolute atomic E-state index is 0.505. The van der Waals surface area contributed by atoms with Gasteiger partial charge < -0.3 is 10.1 Å². The molecule has 1 N–H and O–H groups in total. The fourth-order valence-corrected chi connectivity index (χ4v) is 3.87. The van der Waals surface area contributed by atoms with Crippen molar-refractivity contribution in [2.75, 3.05) is 19.8 Å². The third-order valence-electron chi connectivity index (χ3n) is 3.06. The van der Waals surface area contributed by atoms with Gasteiger partial charge in [0, 0.05) is 34.0 Å². The SMILES string of the molecule is CCNC(c1cc(Br)cs1)C1CCOCC1. The highest BCUT2D eigenvalue weighted by Gasteiger charge is 2.25. The van der Waals surface area contributed by atoms with Crippen molar-refractivity contribution in [3.63, 3.8) is 0 Å². The molecule has 2 nitrogen and oxygen atoms in total. The molecule has 1 atom stereocenters. The minimum Gasteiger partial charge on any atom is -0.381 e. The summed E-state index contributed by atoms with van der Waals surface area (Å²) in [7, 11) is 0. The summed E-state index contributed by atoms with van der Waals surface area (Å²) in [6.07, 6.45) is 2.35. The zero-order valence-electron chi connectivity index (χ0n) is 9.54. The summed E-state index contributed by atoms with van der Waals surface area (Å²) in [6, 6.07) is 2.75. The summed E-state index contributed by atoms with van der Waals surface area (Å²) in [5, 5.41) is 5.78. The van der Waals surface area contributed by atoms with E-state index in [0.717, 1.165) is 25.7 Å².